The molecule has 0 unspecified atom stereocenters. The van der Waals surface area contributed by atoms with Crippen LogP contribution < -0.4 is 5.32 Å². The number of carboxylic acid groups (broad SMARTS) is 1. The van der Waals surface area contributed by atoms with Gasteiger partial charge < -0.3 is 24.5 Å². The number of imidazole rings is 2. The van der Waals surface area contributed by atoms with Gasteiger partial charge in [-0.2, -0.15) is 0 Å². The van der Waals surface area contributed by atoms with Gasteiger partial charge in [-0.05, 0) is 69.3 Å². The monoisotopic (exact) mass is 711 g/mol. The molecule has 12 heteroatoms. The van der Waals surface area contributed by atoms with Gasteiger partial charge in [-0.25, -0.2) is 9.97 Å². The molecule has 0 spiro atoms. The average molecular weight is 712 g/mol. The van der Waals surface area contributed by atoms with Crippen molar-refractivity contribution in [2.45, 2.75) is 77.9 Å². The Morgan fingerprint density at radius 2 is 1.53 bits per heavy atom. The van der Waals surface area contributed by atoms with Crippen LogP contribution in [0.2, 0.25) is 5.02 Å². The van der Waals surface area contributed by atoms with Crippen LogP contribution in [0.5, 0.6) is 0 Å². The third-order valence-corrected chi connectivity index (χ3v) is 12.0. The number of anilines is 1. The zero-order chi connectivity index (χ0) is 36.2. The van der Waals surface area contributed by atoms with Crippen molar-refractivity contribution >= 4 is 34.9 Å². The zero-order valence-electron chi connectivity index (χ0n) is 30.1. The van der Waals surface area contributed by atoms with Crippen molar-refractivity contribution in [2.24, 2.45) is 19.5 Å². The van der Waals surface area contributed by atoms with Crippen LogP contribution in [0.4, 0.5) is 5.69 Å². The van der Waals surface area contributed by atoms with Crippen molar-refractivity contribution in [2.75, 3.05) is 25.5 Å². The Labute approximate surface area is 303 Å². The van der Waals surface area contributed by atoms with Gasteiger partial charge in [0.05, 0.1) is 27.5 Å². The maximum Gasteiger partial charge on any atom is 0.309 e. The third kappa shape index (κ3) is 6.51. The van der Waals surface area contributed by atoms with E-state index in [0.717, 1.165) is 90.3 Å². The standard InChI is InChI=1S/C39H46ClN7O4/c1-23-24(20-33(48)35-41-29-21-44(3)18-14-31(29)45(35)4)8-6-9-26(23)27-10-7-11-28(34(27)40)43-37(49)36-42-30-22-47(19-15-32(30)46(36)5)25-12-16-39(2,17-13-25)38(50)51/h6-11,25H,12-22H2,1-5H3,(H,43,49)(H,50,51). The minimum Gasteiger partial charge on any atom is -0.481 e. The van der Waals surface area contributed by atoms with Crippen molar-refractivity contribution in [3.05, 3.63) is 87.0 Å². The number of aliphatic carboxylic acids is 1. The number of fused-ring (bicyclic) bond motifs is 2. The first kappa shape index (κ1) is 35.1. The largest absolute Gasteiger partial charge is 0.481 e. The van der Waals surface area contributed by atoms with Gasteiger partial charge in [0.1, 0.15) is 0 Å². The molecule has 268 valence electrons. The van der Waals surface area contributed by atoms with Crippen molar-refractivity contribution < 1.29 is 19.5 Å². The van der Waals surface area contributed by atoms with E-state index in [0.29, 0.717) is 47.8 Å². The highest BCUT2D eigenvalue weighted by Crippen LogP contribution is 2.40. The summed E-state index contributed by atoms with van der Waals surface area (Å²) in [6.07, 6.45) is 4.88. The topological polar surface area (TPSA) is 126 Å². The molecule has 0 saturated heterocycles. The van der Waals surface area contributed by atoms with Crippen molar-refractivity contribution in [1.82, 2.24) is 28.9 Å². The van der Waals surface area contributed by atoms with E-state index in [-0.39, 0.29) is 18.1 Å². The fourth-order valence-corrected chi connectivity index (χ4v) is 8.50. The summed E-state index contributed by atoms with van der Waals surface area (Å²) in [4.78, 5) is 53.1. The number of likely N-dealkylation sites (N-methyl/N-ethyl adjacent to an activating group) is 1. The predicted molar refractivity (Wildman–Crippen MR) is 196 cm³/mol. The van der Waals surface area contributed by atoms with Gasteiger partial charge in [-0.1, -0.05) is 41.9 Å². The molecule has 3 aliphatic rings. The van der Waals surface area contributed by atoms with Gasteiger partial charge in [0.2, 0.25) is 5.78 Å². The zero-order valence-corrected chi connectivity index (χ0v) is 30.8. The molecule has 1 saturated carbocycles. The molecule has 0 atom stereocenters. The normalized spacial score (nSPS) is 20.9. The number of nitrogens with one attached hydrogen (secondary N) is 1. The number of amides is 1. The Kier molecular flexibility index (Phi) is 9.41. The molecular weight excluding hydrogens is 666 g/mol. The van der Waals surface area contributed by atoms with E-state index in [4.69, 9.17) is 21.6 Å². The number of hydrogen-bond donors (Lipinski definition) is 2. The Hall–Kier alpha value is -4.32. The number of hydrogen-bond acceptors (Lipinski definition) is 7. The van der Waals surface area contributed by atoms with E-state index in [1.807, 2.05) is 67.4 Å². The summed E-state index contributed by atoms with van der Waals surface area (Å²) in [7, 11) is 5.87. The van der Waals surface area contributed by atoms with Gasteiger partial charge in [-0.3, -0.25) is 19.3 Å². The van der Waals surface area contributed by atoms with Gasteiger partial charge in [0.25, 0.3) is 5.91 Å². The number of halogens is 1. The number of rotatable bonds is 8. The molecule has 1 amide bonds. The maximum absolute atomic E-state index is 13.7. The molecule has 2 aromatic carbocycles. The van der Waals surface area contributed by atoms with Crippen LogP contribution >= 0.6 is 11.6 Å². The molecule has 11 nitrogen and oxygen atoms in total. The molecule has 1 fully saturated rings. The molecular formula is C39H46ClN7O4. The van der Waals surface area contributed by atoms with E-state index in [1.165, 1.54) is 0 Å². The molecule has 7 rings (SSSR count). The van der Waals surface area contributed by atoms with Crippen LogP contribution in [0.3, 0.4) is 0 Å². The van der Waals surface area contributed by atoms with Gasteiger partial charge >= 0.3 is 5.97 Å². The van der Waals surface area contributed by atoms with Crippen molar-refractivity contribution in [3.8, 4) is 11.1 Å². The Morgan fingerprint density at radius 3 is 2.25 bits per heavy atom. The first-order valence-corrected chi connectivity index (χ1v) is 18.2. The third-order valence-electron chi connectivity index (χ3n) is 11.6. The van der Waals surface area contributed by atoms with E-state index >= 15 is 0 Å². The molecule has 2 aromatic heterocycles. The number of carbonyl (C=O) groups is 3. The highest BCUT2D eigenvalue weighted by atomic mass is 35.5. The Bertz CT molecular complexity index is 2040. The summed E-state index contributed by atoms with van der Waals surface area (Å²) < 4.78 is 3.83. The molecule has 2 N–H and O–H groups in total. The fourth-order valence-electron chi connectivity index (χ4n) is 8.22. The lowest BCUT2D eigenvalue weighted by atomic mass is 9.73. The van der Waals surface area contributed by atoms with Crippen LogP contribution in [0, 0.1) is 12.3 Å². The van der Waals surface area contributed by atoms with E-state index in [1.54, 1.807) is 6.07 Å². The van der Waals surface area contributed by atoms with Gasteiger partial charge in [-0.15, -0.1) is 0 Å². The summed E-state index contributed by atoms with van der Waals surface area (Å²) in [5.74, 6) is -0.264. The lowest BCUT2D eigenvalue weighted by Crippen LogP contribution is -2.44. The number of aromatic nitrogens is 4. The lowest BCUT2D eigenvalue weighted by Gasteiger charge is -2.41. The molecule has 4 heterocycles. The number of carbonyl (C=O) groups excluding carboxylic acids is 2. The molecule has 51 heavy (non-hydrogen) atoms. The molecule has 4 aromatic rings. The smallest absolute Gasteiger partial charge is 0.309 e. The minimum atomic E-state index is -0.712. The maximum atomic E-state index is 13.7. The summed E-state index contributed by atoms with van der Waals surface area (Å²) in [6.45, 7) is 7.02. The quantitative estimate of drug-likeness (QED) is 0.219. The molecule has 1 aliphatic carbocycles. The first-order valence-electron chi connectivity index (χ1n) is 17.8. The lowest BCUT2D eigenvalue weighted by molar-refractivity contribution is -0.150. The van der Waals surface area contributed by atoms with Crippen LogP contribution in [0.1, 0.15) is 87.7 Å². The number of ketones is 1. The summed E-state index contributed by atoms with van der Waals surface area (Å²) in [5.41, 5.74) is 7.37. The highest BCUT2D eigenvalue weighted by molar-refractivity contribution is 6.36. The van der Waals surface area contributed by atoms with Gasteiger partial charge in [0.15, 0.2) is 11.6 Å². The average Bonchev–Trinajstić information content (AvgIpc) is 3.62. The van der Waals surface area contributed by atoms with Crippen LogP contribution in [-0.4, -0.2) is 77.8 Å². The number of carboxylic acids is 1. The van der Waals surface area contributed by atoms with Crippen LogP contribution in [0.15, 0.2) is 36.4 Å². The second kappa shape index (κ2) is 13.7. The van der Waals surface area contributed by atoms with E-state index in [9.17, 15) is 19.5 Å². The summed E-state index contributed by atoms with van der Waals surface area (Å²) in [6, 6.07) is 11.8. The summed E-state index contributed by atoms with van der Waals surface area (Å²) >= 11 is 7.01. The molecule has 2 aliphatic heterocycles. The van der Waals surface area contributed by atoms with Crippen LogP contribution in [0.25, 0.3) is 11.1 Å². The fraction of sp³-hybridized carbons (Fsp3) is 0.462. The van der Waals surface area contributed by atoms with Gasteiger partial charge in [0, 0.05) is 82.5 Å². The SMILES string of the molecule is Cc1c(CC(=O)c2nc3c(n2C)CCN(C)C3)cccc1-c1cccc(NC(=O)c2nc3c(n2C)CCN(C2CCC(C)(C(=O)O)CC2)C3)c1Cl. The van der Waals surface area contributed by atoms with Crippen molar-refractivity contribution in [3.63, 3.8) is 0 Å². The van der Waals surface area contributed by atoms with E-state index < -0.39 is 11.4 Å². The van der Waals surface area contributed by atoms with Crippen molar-refractivity contribution in [1.29, 1.82) is 0 Å². The highest BCUT2D eigenvalue weighted by Gasteiger charge is 2.40. The van der Waals surface area contributed by atoms with E-state index in [2.05, 4.69) is 22.2 Å². The second-order valence-electron chi connectivity index (χ2n) is 14.9. The second-order valence-corrected chi connectivity index (χ2v) is 15.3. The summed E-state index contributed by atoms with van der Waals surface area (Å²) in [5, 5.41) is 13.1. The van der Waals surface area contributed by atoms with Crippen LogP contribution in [-0.2, 0) is 51.2 Å². The number of Topliss-reactive ketones (excluding diaryl/α,β-unsaturated/α-hetero) is 1. The first-order chi connectivity index (χ1) is 24.3. The molecule has 0 bridgehead atoms. The predicted octanol–water partition coefficient (Wildman–Crippen LogP) is 5.84. The Morgan fingerprint density at radius 1 is 0.902 bits per heavy atom. The Balaban J connectivity index is 1.06. The number of benzene rings is 2. The molecule has 0 radical (unpaired) electrons. The minimum absolute atomic E-state index is 0.0253. The number of nitrogens with zero attached hydrogens (tertiary/aromatic N) is 6.